The van der Waals surface area contributed by atoms with Crippen molar-refractivity contribution < 1.29 is 48.7 Å². The molecule has 1 rings (SSSR count). The smallest absolute Gasteiger partial charge is 0.366 e. The highest BCUT2D eigenvalue weighted by Crippen LogP contribution is 2.35. The average Bonchev–Trinajstić information content (AvgIpc) is 2.65. The fourth-order valence-electron chi connectivity index (χ4n) is 2.92. The van der Waals surface area contributed by atoms with Crippen molar-refractivity contribution in [1.29, 1.82) is 0 Å². The number of hydrogen-bond donors (Lipinski definition) is 4. The fraction of sp³-hybridized carbons (Fsp3) is 0.706. The molecule has 6 atom stereocenters. The lowest BCUT2D eigenvalue weighted by molar-refractivity contribution is -0.310. The van der Waals surface area contributed by atoms with Gasteiger partial charge in [0, 0.05) is 13.8 Å². The first-order valence-electron chi connectivity index (χ1n) is 8.54. The van der Waals surface area contributed by atoms with Gasteiger partial charge in [-0.05, 0) is 0 Å². The maximum absolute atomic E-state index is 12.4. The highest BCUT2D eigenvalue weighted by atomic mass is 16.7. The molecule has 0 saturated carbocycles. The number of aliphatic hydroxyl groups excluding tert-OH is 3. The predicted molar refractivity (Wildman–Crippen MR) is 92.6 cm³/mol. The minimum Gasteiger partial charge on any atom is -0.465 e. The average molecular weight is 405 g/mol. The van der Waals surface area contributed by atoms with E-state index in [2.05, 4.69) is 11.9 Å². The molecule has 1 unspecified atom stereocenters. The molecule has 28 heavy (non-hydrogen) atoms. The van der Waals surface area contributed by atoms with E-state index >= 15 is 0 Å². The monoisotopic (exact) mass is 405 g/mol. The van der Waals surface area contributed by atoms with Crippen LogP contribution in [0.5, 0.6) is 0 Å². The van der Waals surface area contributed by atoms with Crippen molar-refractivity contribution in [2.45, 2.75) is 56.5 Å². The molecule has 11 heteroatoms. The zero-order chi connectivity index (χ0) is 21.5. The van der Waals surface area contributed by atoms with E-state index in [1.54, 1.807) is 0 Å². The van der Waals surface area contributed by atoms with E-state index in [4.69, 9.17) is 24.1 Å². The Labute approximate surface area is 162 Å². The first-order chi connectivity index (χ1) is 13.1. The highest BCUT2D eigenvalue weighted by Gasteiger charge is 2.57. The summed E-state index contributed by atoms with van der Waals surface area (Å²) in [6, 6.07) is -1.15. The van der Waals surface area contributed by atoms with Crippen molar-refractivity contribution in [3.8, 4) is 0 Å². The molecule has 0 aromatic carbocycles. The molecule has 4 N–H and O–H groups in total. The minimum absolute atomic E-state index is 0.155. The number of amides is 1. The number of esters is 2. The highest BCUT2D eigenvalue weighted by molar-refractivity contribution is 5.78. The molecule has 1 amide bonds. The molecule has 1 aliphatic rings. The largest absolute Gasteiger partial charge is 0.465 e. The molecule has 11 nitrogen and oxygen atoms in total. The second kappa shape index (κ2) is 10.5. The Morgan fingerprint density at radius 1 is 1.36 bits per heavy atom. The van der Waals surface area contributed by atoms with Gasteiger partial charge < -0.3 is 39.6 Å². The van der Waals surface area contributed by atoms with Crippen molar-refractivity contribution in [2.75, 3.05) is 20.3 Å². The summed E-state index contributed by atoms with van der Waals surface area (Å²) in [5.74, 6) is -4.36. The normalized spacial score (nSPS) is 29.3. The zero-order valence-electron chi connectivity index (χ0n) is 16.0. The van der Waals surface area contributed by atoms with Crippen molar-refractivity contribution in [3.63, 3.8) is 0 Å². The van der Waals surface area contributed by atoms with E-state index in [1.807, 2.05) is 0 Å². The van der Waals surface area contributed by atoms with Gasteiger partial charge in [0.05, 0.1) is 32.8 Å². The van der Waals surface area contributed by atoms with Crippen LogP contribution < -0.4 is 5.32 Å². The molecule has 0 aromatic heterocycles. The summed E-state index contributed by atoms with van der Waals surface area (Å²) in [5, 5.41) is 31.9. The summed E-state index contributed by atoms with van der Waals surface area (Å²) in [7, 11) is 1.08. The molecule has 0 spiro atoms. The summed E-state index contributed by atoms with van der Waals surface area (Å²) in [6.07, 6.45) is -5.14. The third-order valence-corrected chi connectivity index (χ3v) is 4.09. The molecule has 1 fully saturated rings. The Hall–Kier alpha value is -2.05. The van der Waals surface area contributed by atoms with Gasteiger partial charge in [-0.1, -0.05) is 6.08 Å². The third-order valence-electron chi connectivity index (χ3n) is 4.09. The predicted octanol–water partition coefficient (Wildman–Crippen LogP) is -2.00. The quantitative estimate of drug-likeness (QED) is 0.249. The van der Waals surface area contributed by atoms with E-state index in [0.29, 0.717) is 0 Å². The van der Waals surface area contributed by atoms with E-state index in [0.717, 1.165) is 14.0 Å². The Morgan fingerprint density at radius 2 is 2.00 bits per heavy atom. The number of nitrogens with one attached hydrogen (secondary N) is 1. The molecular weight excluding hydrogens is 378 g/mol. The van der Waals surface area contributed by atoms with E-state index in [-0.39, 0.29) is 13.0 Å². The van der Waals surface area contributed by atoms with Crippen LogP contribution in [0.2, 0.25) is 0 Å². The van der Waals surface area contributed by atoms with Crippen LogP contribution in [0.15, 0.2) is 12.7 Å². The number of methoxy groups -OCH3 is 1. The summed E-state index contributed by atoms with van der Waals surface area (Å²) >= 11 is 0. The SMILES string of the molecule is C=CCO[C@]1(C(=O)OC)C[C@@H](OC(C)=O)[C@@H](NC(C)=O)C([C@H](O)[C@H](O)CO)O1. The van der Waals surface area contributed by atoms with Gasteiger partial charge in [0.25, 0.3) is 5.79 Å². The number of aliphatic hydroxyl groups is 3. The first kappa shape index (κ1) is 24.0. The Balaban J connectivity index is 3.43. The third kappa shape index (κ3) is 5.72. The summed E-state index contributed by atoms with van der Waals surface area (Å²) in [6.45, 7) is 4.81. The van der Waals surface area contributed by atoms with E-state index in [1.165, 1.54) is 13.0 Å². The van der Waals surface area contributed by atoms with Crippen LogP contribution in [0.25, 0.3) is 0 Å². The van der Waals surface area contributed by atoms with Gasteiger partial charge in [-0.3, -0.25) is 9.59 Å². The number of ether oxygens (including phenoxy) is 4. The number of carbonyl (C=O) groups is 3. The summed E-state index contributed by atoms with van der Waals surface area (Å²) < 4.78 is 21.1. The summed E-state index contributed by atoms with van der Waals surface area (Å²) in [4.78, 5) is 35.6. The number of hydrogen-bond acceptors (Lipinski definition) is 10. The van der Waals surface area contributed by atoms with Gasteiger partial charge in [-0.15, -0.1) is 6.58 Å². The van der Waals surface area contributed by atoms with Crippen molar-refractivity contribution in [3.05, 3.63) is 12.7 Å². The van der Waals surface area contributed by atoms with Crippen LogP contribution >= 0.6 is 0 Å². The fourth-order valence-corrected chi connectivity index (χ4v) is 2.92. The Bertz CT molecular complexity index is 582. The maximum Gasteiger partial charge on any atom is 0.366 e. The molecule has 1 aliphatic heterocycles. The molecule has 1 saturated heterocycles. The lowest BCUT2D eigenvalue weighted by Gasteiger charge is -2.47. The van der Waals surface area contributed by atoms with Gasteiger partial charge in [0.15, 0.2) is 0 Å². The second-order valence-electron chi connectivity index (χ2n) is 6.25. The van der Waals surface area contributed by atoms with Crippen LogP contribution in [0.3, 0.4) is 0 Å². The summed E-state index contributed by atoms with van der Waals surface area (Å²) in [5.41, 5.74) is 0. The van der Waals surface area contributed by atoms with Crippen molar-refractivity contribution in [2.24, 2.45) is 0 Å². The van der Waals surface area contributed by atoms with Crippen LogP contribution in [0, 0.1) is 0 Å². The van der Waals surface area contributed by atoms with Crippen molar-refractivity contribution in [1.82, 2.24) is 5.32 Å². The second-order valence-corrected chi connectivity index (χ2v) is 6.25. The van der Waals surface area contributed by atoms with Gasteiger partial charge in [0.2, 0.25) is 5.91 Å². The Kier molecular flexibility index (Phi) is 8.98. The first-order valence-corrected chi connectivity index (χ1v) is 8.54. The minimum atomic E-state index is -2.11. The molecule has 0 bridgehead atoms. The van der Waals surface area contributed by atoms with Gasteiger partial charge >= 0.3 is 11.9 Å². The maximum atomic E-state index is 12.4. The molecule has 0 radical (unpaired) electrons. The topological polar surface area (TPSA) is 161 Å². The van der Waals surface area contributed by atoms with Crippen LogP contribution in [0.1, 0.15) is 20.3 Å². The van der Waals surface area contributed by atoms with Gasteiger partial charge in [-0.2, -0.15) is 0 Å². The lowest BCUT2D eigenvalue weighted by Crippen LogP contribution is -2.68. The van der Waals surface area contributed by atoms with Gasteiger partial charge in [-0.25, -0.2) is 4.79 Å². The van der Waals surface area contributed by atoms with Crippen LogP contribution in [-0.4, -0.2) is 89.7 Å². The molecular formula is C17H27NO10. The molecule has 160 valence electrons. The molecule has 0 aliphatic carbocycles. The van der Waals surface area contributed by atoms with Gasteiger partial charge in [0.1, 0.15) is 24.4 Å². The number of rotatable bonds is 9. The lowest BCUT2D eigenvalue weighted by atomic mass is 9.88. The number of carbonyl (C=O) groups excluding carboxylic acids is 3. The zero-order valence-corrected chi connectivity index (χ0v) is 16.0. The standard InChI is InChI=1S/C17H27NO10/c1-5-6-26-17(16(24)25-4)7-12(27-10(3)21)13(18-9(2)20)15(28-17)14(23)11(22)8-19/h5,11-15,19,22-23H,1,6-8H2,2-4H3,(H,18,20)/t11-,12-,13-,14-,15?,17-/m1/s1. The van der Waals surface area contributed by atoms with Crippen LogP contribution in [-0.2, 0) is 33.3 Å². The van der Waals surface area contributed by atoms with Crippen LogP contribution in [0.4, 0.5) is 0 Å². The molecule has 0 aromatic rings. The van der Waals surface area contributed by atoms with E-state index in [9.17, 15) is 24.6 Å². The van der Waals surface area contributed by atoms with E-state index < -0.39 is 60.7 Å². The Morgan fingerprint density at radius 3 is 2.46 bits per heavy atom. The molecule has 1 heterocycles. The van der Waals surface area contributed by atoms with Crippen molar-refractivity contribution >= 4 is 17.8 Å².